The van der Waals surface area contributed by atoms with Gasteiger partial charge in [0.2, 0.25) is 0 Å². The second-order valence-electron chi connectivity index (χ2n) is 10.7. The number of ether oxygens (including phenoxy) is 3. The molecule has 2 aromatic carbocycles. The molecule has 0 bridgehead atoms. The maximum absolute atomic E-state index is 12.4. The van der Waals surface area contributed by atoms with E-state index in [1.165, 1.54) is 23.8 Å². The number of hydrogen-bond acceptors (Lipinski definition) is 9. The van der Waals surface area contributed by atoms with Crippen LogP contribution in [0, 0.1) is 36.5 Å². The van der Waals surface area contributed by atoms with Gasteiger partial charge in [-0.05, 0) is 68.8 Å². The first-order chi connectivity index (χ1) is 21.2. The summed E-state index contributed by atoms with van der Waals surface area (Å²) in [6, 6.07) is 13.7. The van der Waals surface area contributed by atoms with E-state index in [4.69, 9.17) is 27.1 Å². The Labute approximate surface area is 257 Å². The SMILES string of the molecule is C#CC(=O)Oc1cc(OC(=O)C#C)cc(OC(=O)CCC/C=C\C[C@@H]2C(CC[C@@H](O)CCc3ccccc3)[C@H](O)C[C@@H]2O)c1. The van der Waals surface area contributed by atoms with Crippen molar-refractivity contribution in [1.82, 2.24) is 0 Å². The Kier molecular flexibility index (Phi) is 13.7. The van der Waals surface area contributed by atoms with Gasteiger partial charge < -0.3 is 29.5 Å². The number of carbonyl (C=O) groups is 3. The molecule has 1 aliphatic rings. The molecule has 9 nitrogen and oxygen atoms in total. The molecule has 1 aliphatic carbocycles. The van der Waals surface area contributed by atoms with Gasteiger partial charge in [-0.25, -0.2) is 9.59 Å². The summed E-state index contributed by atoms with van der Waals surface area (Å²) in [5.41, 5.74) is 1.18. The standard InChI is InChI=1S/C35H38O9/c1-3-33(39)42-26-20-27(43-34(40)4-2)22-28(21-26)44-35(41)15-11-6-5-10-14-29-30(32(38)23-31(29)37)19-18-25(36)17-16-24-12-8-7-9-13-24/h1-2,5,7-10,12-13,20-22,25,29-32,36-38H,6,11,14-19,23H2/b10-5-/t25-,29+,30?,31-,32+/m0/s1. The van der Waals surface area contributed by atoms with Crippen LogP contribution in [0.4, 0.5) is 0 Å². The molecule has 44 heavy (non-hydrogen) atoms. The van der Waals surface area contributed by atoms with Gasteiger partial charge in [0.05, 0.1) is 18.3 Å². The number of esters is 3. The van der Waals surface area contributed by atoms with E-state index in [9.17, 15) is 29.7 Å². The Hall–Kier alpha value is -4.41. The summed E-state index contributed by atoms with van der Waals surface area (Å²) in [6.45, 7) is 0. The number of benzene rings is 2. The van der Waals surface area contributed by atoms with Crippen LogP contribution < -0.4 is 14.2 Å². The minimum absolute atomic E-state index is 0.0299. The largest absolute Gasteiger partial charge is 0.426 e. The summed E-state index contributed by atoms with van der Waals surface area (Å²) >= 11 is 0. The summed E-state index contributed by atoms with van der Waals surface area (Å²) in [4.78, 5) is 35.3. The van der Waals surface area contributed by atoms with Crippen molar-refractivity contribution in [2.75, 3.05) is 0 Å². The van der Waals surface area contributed by atoms with Gasteiger partial charge in [0.1, 0.15) is 17.2 Å². The van der Waals surface area contributed by atoms with Gasteiger partial charge in [0.25, 0.3) is 0 Å². The van der Waals surface area contributed by atoms with E-state index in [1.54, 1.807) is 11.8 Å². The van der Waals surface area contributed by atoms with Gasteiger partial charge in [-0.2, -0.15) is 0 Å². The number of unbranched alkanes of at least 4 members (excludes halogenated alkanes) is 1. The molecular formula is C35H38O9. The third-order valence-electron chi connectivity index (χ3n) is 7.53. The first kappa shape index (κ1) is 34.1. The predicted octanol–water partition coefficient (Wildman–Crippen LogP) is 3.92. The molecule has 0 spiro atoms. The maximum atomic E-state index is 12.4. The van der Waals surface area contributed by atoms with Gasteiger partial charge in [0.15, 0.2) is 0 Å². The second kappa shape index (κ2) is 17.6. The van der Waals surface area contributed by atoms with Crippen LogP contribution >= 0.6 is 0 Å². The Balaban J connectivity index is 1.43. The van der Waals surface area contributed by atoms with Crippen LogP contribution in [-0.2, 0) is 20.8 Å². The number of allylic oxidation sites excluding steroid dienone is 2. The van der Waals surface area contributed by atoms with Crippen LogP contribution in [-0.4, -0.2) is 51.5 Å². The van der Waals surface area contributed by atoms with Crippen LogP contribution in [0.5, 0.6) is 17.2 Å². The summed E-state index contributed by atoms with van der Waals surface area (Å²) < 4.78 is 15.2. The first-order valence-corrected chi connectivity index (χ1v) is 14.6. The van der Waals surface area contributed by atoms with Crippen molar-refractivity contribution >= 4 is 17.9 Å². The molecule has 0 saturated heterocycles. The number of hydrogen-bond donors (Lipinski definition) is 3. The Morgan fingerprint density at radius 3 is 2.07 bits per heavy atom. The lowest BCUT2D eigenvalue weighted by molar-refractivity contribution is -0.134. The number of aliphatic hydroxyl groups is 3. The van der Waals surface area contributed by atoms with Crippen molar-refractivity contribution in [2.24, 2.45) is 11.8 Å². The van der Waals surface area contributed by atoms with Crippen molar-refractivity contribution < 1.29 is 43.9 Å². The zero-order valence-electron chi connectivity index (χ0n) is 24.5. The summed E-state index contributed by atoms with van der Waals surface area (Å²) in [6.07, 6.45) is 16.9. The van der Waals surface area contributed by atoms with E-state index in [0.29, 0.717) is 44.9 Å². The quantitative estimate of drug-likeness (QED) is 0.0691. The van der Waals surface area contributed by atoms with Crippen molar-refractivity contribution in [1.29, 1.82) is 0 Å². The fourth-order valence-corrected chi connectivity index (χ4v) is 5.33. The minimum Gasteiger partial charge on any atom is -0.426 e. The number of terminal acetylenes is 2. The number of aliphatic hydroxyl groups excluding tert-OH is 3. The molecule has 0 heterocycles. The highest BCUT2D eigenvalue weighted by Gasteiger charge is 2.40. The van der Waals surface area contributed by atoms with Gasteiger partial charge in [-0.3, -0.25) is 4.79 Å². The van der Waals surface area contributed by atoms with Crippen molar-refractivity contribution in [3.05, 3.63) is 66.2 Å². The van der Waals surface area contributed by atoms with Gasteiger partial charge in [-0.15, -0.1) is 12.8 Å². The molecule has 3 rings (SSSR count). The molecule has 9 heteroatoms. The van der Waals surface area contributed by atoms with E-state index in [-0.39, 0.29) is 35.5 Å². The molecule has 232 valence electrons. The fraction of sp³-hybridized carbons (Fsp3) is 0.400. The lowest BCUT2D eigenvalue weighted by Crippen LogP contribution is -2.23. The van der Waals surface area contributed by atoms with Crippen molar-refractivity contribution in [3.8, 4) is 41.9 Å². The van der Waals surface area contributed by atoms with Crippen LogP contribution in [0.3, 0.4) is 0 Å². The Morgan fingerprint density at radius 2 is 1.45 bits per heavy atom. The zero-order valence-corrected chi connectivity index (χ0v) is 24.5. The van der Waals surface area contributed by atoms with E-state index >= 15 is 0 Å². The molecule has 1 fully saturated rings. The molecule has 0 aromatic heterocycles. The van der Waals surface area contributed by atoms with Crippen molar-refractivity contribution in [2.45, 2.75) is 76.1 Å². The van der Waals surface area contributed by atoms with E-state index < -0.39 is 36.2 Å². The summed E-state index contributed by atoms with van der Waals surface area (Å²) in [5.74, 6) is 0.591. The Bertz CT molecular complexity index is 1320. The molecule has 0 radical (unpaired) electrons. The maximum Gasteiger partial charge on any atom is 0.389 e. The van der Waals surface area contributed by atoms with Crippen LogP contribution in [0.25, 0.3) is 0 Å². The molecule has 2 aromatic rings. The topological polar surface area (TPSA) is 140 Å². The number of carbonyl (C=O) groups excluding carboxylic acids is 3. The lowest BCUT2D eigenvalue weighted by atomic mass is 9.85. The van der Waals surface area contributed by atoms with E-state index in [1.807, 2.05) is 42.5 Å². The highest BCUT2D eigenvalue weighted by atomic mass is 16.6. The van der Waals surface area contributed by atoms with Crippen LogP contribution in [0.2, 0.25) is 0 Å². The van der Waals surface area contributed by atoms with Gasteiger partial charge in [-0.1, -0.05) is 42.5 Å². The molecule has 1 unspecified atom stereocenters. The predicted molar refractivity (Wildman–Crippen MR) is 162 cm³/mol. The fourth-order valence-electron chi connectivity index (χ4n) is 5.33. The summed E-state index contributed by atoms with van der Waals surface area (Å²) in [7, 11) is 0. The highest BCUT2D eigenvalue weighted by Crippen LogP contribution is 2.38. The molecule has 5 atom stereocenters. The normalized spacial score (nSPS) is 19.9. The lowest BCUT2D eigenvalue weighted by Gasteiger charge is -2.23. The third kappa shape index (κ3) is 11.3. The Morgan fingerprint density at radius 1 is 0.864 bits per heavy atom. The average molecular weight is 603 g/mol. The van der Waals surface area contributed by atoms with E-state index in [2.05, 4.69) is 0 Å². The smallest absolute Gasteiger partial charge is 0.389 e. The van der Waals surface area contributed by atoms with Crippen LogP contribution in [0.1, 0.15) is 56.9 Å². The summed E-state index contributed by atoms with van der Waals surface area (Å²) in [5, 5.41) is 31.6. The third-order valence-corrected chi connectivity index (χ3v) is 7.53. The zero-order chi connectivity index (χ0) is 31.9. The molecule has 0 aliphatic heterocycles. The van der Waals surface area contributed by atoms with Gasteiger partial charge in [0, 0.05) is 36.5 Å². The minimum atomic E-state index is -0.989. The first-order valence-electron chi connectivity index (χ1n) is 14.6. The highest BCUT2D eigenvalue weighted by molar-refractivity contribution is 5.90. The van der Waals surface area contributed by atoms with Gasteiger partial charge >= 0.3 is 17.9 Å². The van der Waals surface area contributed by atoms with Crippen molar-refractivity contribution in [3.63, 3.8) is 0 Å². The van der Waals surface area contributed by atoms with Crippen LogP contribution in [0.15, 0.2) is 60.7 Å². The monoisotopic (exact) mass is 602 g/mol. The number of rotatable bonds is 15. The molecular weight excluding hydrogens is 564 g/mol. The molecule has 1 saturated carbocycles. The second-order valence-corrected chi connectivity index (χ2v) is 10.7. The molecule has 3 N–H and O–H groups in total. The average Bonchev–Trinajstić information content (AvgIpc) is 3.27. The molecule has 0 amide bonds. The number of aryl methyl sites for hydroxylation is 1. The van der Waals surface area contributed by atoms with E-state index in [0.717, 1.165) is 6.42 Å².